The standard InChI is InChI=1S/C13H11NO4S2/c15-19(16)9-13(11-3-1-2-4-12(11)19)20(17,18)10-5-7-14-8-6-10/h1-8,13H,9H2. The van der Waals surface area contributed by atoms with Crippen LogP contribution in [0.25, 0.3) is 0 Å². The molecule has 1 unspecified atom stereocenters. The van der Waals surface area contributed by atoms with Crippen LogP contribution in [0.15, 0.2) is 58.6 Å². The van der Waals surface area contributed by atoms with Crippen LogP contribution < -0.4 is 0 Å². The molecular weight excluding hydrogens is 298 g/mol. The average molecular weight is 309 g/mol. The SMILES string of the molecule is O=S1(=O)CC(S(=O)(=O)c2ccncc2)c2ccccc21. The molecule has 1 aromatic carbocycles. The highest BCUT2D eigenvalue weighted by molar-refractivity contribution is 7.96. The van der Waals surface area contributed by atoms with Crippen molar-refractivity contribution in [3.05, 3.63) is 54.4 Å². The second kappa shape index (κ2) is 4.39. The van der Waals surface area contributed by atoms with E-state index in [0.717, 1.165) is 0 Å². The van der Waals surface area contributed by atoms with E-state index in [1.54, 1.807) is 18.2 Å². The van der Waals surface area contributed by atoms with Gasteiger partial charge in [0, 0.05) is 12.4 Å². The number of fused-ring (bicyclic) bond motifs is 1. The van der Waals surface area contributed by atoms with Crippen molar-refractivity contribution in [3.63, 3.8) is 0 Å². The zero-order chi connectivity index (χ0) is 14.4. The molecule has 0 spiro atoms. The predicted octanol–water partition coefficient (Wildman–Crippen LogP) is 1.38. The molecule has 1 aliphatic rings. The van der Waals surface area contributed by atoms with Crippen molar-refractivity contribution < 1.29 is 16.8 Å². The maximum absolute atomic E-state index is 12.6. The second-order valence-electron chi connectivity index (χ2n) is 4.54. The molecule has 3 rings (SSSR count). The van der Waals surface area contributed by atoms with E-state index in [-0.39, 0.29) is 9.79 Å². The minimum atomic E-state index is -3.74. The number of hydrogen-bond donors (Lipinski definition) is 0. The Morgan fingerprint density at radius 3 is 2.40 bits per heavy atom. The van der Waals surface area contributed by atoms with E-state index in [2.05, 4.69) is 4.98 Å². The molecule has 0 saturated heterocycles. The van der Waals surface area contributed by atoms with Crippen molar-refractivity contribution in [2.45, 2.75) is 15.0 Å². The van der Waals surface area contributed by atoms with Crippen LogP contribution in [0.5, 0.6) is 0 Å². The van der Waals surface area contributed by atoms with Gasteiger partial charge in [0.05, 0.1) is 15.5 Å². The second-order valence-corrected chi connectivity index (χ2v) is 8.67. The maximum Gasteiger partial charge on any atom is 0.186 e. The summed E-state index contributed by atoms with van der Waals surface area (Å²) in [6.07, 6.45) is 2.75. The summed E-state index contributed by atoms with van der Waals surface area (Å²) in [6, 6.07) is 9.01. The third-order valence-corrected chi connectivity index (χ3v) is 7.45. The van der Waals surface area contributed by atoms with Crippen LogP contribution in [0, 0.1) is 0 Å². The lowest BCUT2D eigenvalue weighted by Crippen LogP contribution is -2.15. The molecule has 5 nitrogen and oxygen atoms in total. The van der Waals surface area contributed by atoms with Gasteiger partial charge in [-0.15, -0.1) is 0 Å². The molecule has 0 aliphatic carbocycles. The Morgan fingerprint density at radius 1 is 1.05 bits per heavy atom. The number of pyridine rings is 1. The van der Waals surface area contributed by atoms with E-state index in [4.69, 9.17) is 0 Å². The van der Waals surface area contributed by atoms with E-state index < -0.39 is 30.7 Å². The van der Waals surface area contributed by atoms with Gasteiger partial charge in [0.2, 0.25) is 0 Å². The van der Waals surface area contributed by atoms with E-state index >= 15 is 0 Å². The van der Waals surface area contributed by atoms with Crippen LogP contribution in [0.1, 0.15) is 10.8 Å². The Kier molecular flexibility index (Phi) is 2.91. The predicted molar refractivity (Wildman–Crippen MR) is 72.7 cm³/mol. The van der Waals surface area contributed by atoms with Gasteiger partial charge in [0.15, 0.2) is 19.7 Å². The van der Waals surface area contributed by atoms with Gasteiger partial charge in [-0.05, 0) is 23.8 Å². The van der Waals surface area contributed by atoms with Gasteiger partial charge >= 0.3 is 0 Å². The number of nitrogens with zero attached hydrogens (tertiary/aromatic N) is 1. The summed E-state index contributed by atoms with van der Waals surface area (Å²) in [4.78, 5) is 3.98. The normalized spacial score (nSPS) is 20.5. The summed E-state index contributed by atoms with van der Waals surface area (Å²) in [7, 11) is -7.28. The van der Waals surface area contributed by atoms with Crippen LogP contribution in [-0.4, -0.2) is 27.6 Å². The summed E-state index contributed by atoms with van der Waals surface area (Å²) in [5.41, 5.74) is 0.351. The van der Waals surface area contributed by atoms with Crippen molar-refractivity contribution in [3.8, 4) is 0 Å². The molecule has 2 aromatic rings. The Morgan fingerprint density at radius 2 is 1.70 bits per heavy atom. The monoisotopic (exact) mass is 309 g/mol. The molecule has 0 radical (unpaired) electrons. The largest absolute Gasteiger partial charge is 0.265 e. The number of rotatable bonds is 2. The third kappa shape index (κ3) is 1.94. The molecule has 0 amide bonds. The number of aromatic nitrogens is 1. The van der Waals surface area contributed by atoms with Crippen LogP contribution in [-0.2, 0) is 19.7 Å². The molecule has 1 atom stereocenters. The summed E-state index contributed by atoms with van der Waals surface area (Å²) < 4.78 is 49.3. The Hall–Kier alpha value is -1.73. The molecule has 1 aliphatic heterocycles. The van der Waals surface area contributed by atoms with Crippen LogP contribution in [0.3, 0.4) is 0 Å². The van der Waals surface area contributed by atoms with Gasteiger partial charge in [-0.25, -0.2) is 16.8 Å². The Balaban J connectivity index is 2.19. The fourth-order valence-electron chi connectivity index (χ4n) is 2.36. The maximum atomic E-state index is 12.6. The first-order valence-corrected chi connectivity index (χ1v) is 9.08. The number of hydrogen-bond acceptors (Lipinski definition) is 5. The van der Waals surface area contributed by atoms with Crippen molar-refractivity contribution in [1.82, 2.24) is 4.98 Å². The van der Waals surface area contributed by atoms with E-state index in [1.165, 1.54) is 30.6 Å². The van der Waals surface area contributed by atoms with Crippen LogP contribution in [0.4, 0.5) is 0 Å². The fraction of sp³-hybridized carbons (Fsp3) is 0.154. The number of benzene rings is 1. The van der Waals surface area contributed by atoms with E-state index in [1.807, 2.05) is 0 Å². The highest BCUT2D eigenvalue weighted by Crippen LogP contribution is 2.40. The average Bonchev–Trinajstić information content (AvgIpc) is 2.73. The molecule has 0 N–H and O–H groups in total. The zero-order valence-electron chi connectivity index (χ0n) is 10.3. The minimum absolute atomic E-state index is 0.0874. The van der Waals surface area contributed by atoms with Gasteiger partial charge in [-0.1, -0.05) is 18.2 Å². The van der Waals surface area contributed by atoms with Crippen molar-refractivity contribution >= 4 is 19.7 Å². The molecule has 1 aromatic heterocycles. The highest BCUT2D eigenvalue weighted by atomic mass is 32.2. The van der Waals surface area contributed by atoms with E-state index in [9.17, 15) is 16.8 Å². The minimum Gasteiger partial charge on any atom is -0.265 e. The molecule has 7 heteroatoms. The lowest BCUT2D eigenvalue weighted by Gasteiger charge is -2.11. The molecule has 0 saturated carbocycles. The molecule has 2 heterocycles. The van der Waals surface area contributed by atoms with Crippen molar-refractivity contribution in [1.29, 1.82) is 0 Å². The topological polar surface area (TPSA) is 81.2 Å². The van der Waals surface area contributed by atoms with Crippen LogP contribution >= 0.6 is 0 Å². The first-order valence-electron chi connectivity index (χ1n) is 5.88. The molecule has 20 heavy (non-hydrogen) atoms. The van der Waals surface area contributed by atoms with Gasteiger partial charge < -0.3 is 0 Å². The Bertz CT molecular complexity index is 858. The summed E-state index contributed by atoms with van der Waals surface area (Å²) in [6.45, 7) is 0. The molecule has 104 valence electrons. The van der Waals surface area contributed by atoms with Gasteiger partial charge in [-0.3, -0.25) is 4.98 Å². The van der Waals surface area contributed by atoms with Crippen molar-refractivity contribution in [2.75, 3.05) is 5.75 Å². The quantitative estimate of drug-likeness (QED) is 0.837. The summed E-state index contributed by atoms with van der Waals surface area (Å²) in [5.74, 6) is -0.406. The summed E-state index contributed by atoms with van der Waals surface area (Å²) in [5, 5.41) is -1.05. The number of sulfone groups is 2. The zero-order valence-corrected chi connectivity index (χ0v) is 11.9. The van der Waals surface area contributed by atoms with Gasteiger partial charge in [0.25, 0.3) is 0 Å². The first kappa shape index (κ1) is 13.3. The summed E-state index contributed by atoms with van der Waals surface area (Å²) >= 11 is 0. The molecular formula is C13H11NO4S2. The van der Waals surface area contributed by atoms with Gasteiger partial charge in [0.1, 0.15) is 5.25 Å². The third-order valence-electron chi connectivity index (χ3n) is 3.32. The lowest BCUT2D eigenvalue weighted by molar-refractivity contribution is 0.582. The van der Waals surface area contributed by atoms with Crippen molar-refractivity contribution in [2.24, 2.45) is 0 Å². The Labute approximate surface area is 117 Å². The van der Waals surface area contributed by atoms with Gasteiger partial charge in [-0.2, -0.15) is 0 Å². The molecule has 0 bridgehead atoms. The first-order chi connectivity index (χ1) is 9.43. The smallest absolute Gasteiger partial charge is 0.186 e. The van der Waals surface area contributed by atoms with Crippen LogP contribution in [0.2, 0.25) is 0 Å². The fourth-order valence-corrected chi connectivity index (χ4v) is 6.67. The lowest BCUT2D eigenvalue weighted by atomic mass is 10.2. The molecule has 0 fully saturated rings. The highest BCUT2D eigenvalue weighted by Gasteiger charge is 2.42. The van der Waals surface area contributed by atoms with E-state index in [0.29, 0.717) is 5.56 Å².